The number of hydrogen-bond donors (Lipinski definition) is 0. The van der Waals surface area contributed by atoms with Gasteiger partial charge in [0, 0.05) is 38.4 Å². The molecule has 2 amide bonds. The van der Waals surface area contributed by atoms with Crippen molar-refractivity contribution < 1.29 is 23.1 Å². The van der Waals surface area contributed by atoms with Crippen molar-refractivity contribution in [3.8, 4) is 0 Å². The molecule has 0 aromatic heterocycles. The first-order chi connectivity index (χ1) is 11.0. The predicted octanol–water partition coefficient (Wildman–Crippen LogP) is 1.03. The molecule has 2 saturated heterocycles. The van der Waals surface area contributed by atoms with Crippen LogP contribution < -0.4 is 0 Å². The average molecular weight is 324 g/mol. The molecule has 2 heterocycles. The fourth-order valence-corrected chi connectivity index (χ4v) is 3.32. The fourth-order valence-electron chi connectivity index (χ4n) is 3.32. The average Bonchev–Trinajstić information content (AvgIpc) is 3.01. The Bertz CT molecular complexity index is 614. The van der Waals surface area contributed by atoms with Gasteiger partial charge in [-0.3, -0.25) is 19.4 Å². The minimum atomic E-state index is -0.622. The van der Waals surface area contributed by atoms with Gasteiger partial charge in [-0.1, -0.05) is 6.07 Å². The maximum Gasteiger partial charge on any atom is 0.234 e. The Kier molecular flexibility index (Phi) is 4.41. The molecule has 2 aliphatic heterocycles. The van der Waals surface area contributed by atoms with E-state index in [1.165, 1.54) is 24.1 Å². The molecule has 2 aliphatic rings. The largest absolute Gasteiger partial charge is 0.383 e. The summed E-state index contributed by atoms with van der Waals surface area (Å²) in [5.74, 6) is -2.34. The molecule has 1 aromatic carbocycles. The van der Waals surface area contributed by atoms with Crippen molar-refractivity contribution in [3.63, 3.8) is 0 Å². The van der Waals surface area contributed by atoms with Crippen molar-refractivity contribution >= 4 is 11.8 Å². The second kappa shape index (κ2) is 6.33. The van der Waals surface area contributed by atoms with E-state index in [-0.39, 0.29) is 36.7 Å². The van der Waals surface area contributed by atoms with E-state index in [2.05, 4.69) is 0 Å². The minimum absolute atomic E-state index is 0.181. The predicted molar refractivity (Wildman–Crippen MR) is 77.2 cm³/mol. The summed E-state index contributed by atoms with van der Waals surface area (Å²) < 4.78 is 31.6. The maximum absolute atomic E-state index is 13.7. The van der Waals surface area contributed by atoms with Gasteiger partial charge >= 0.3 is 0 Å². The highest BCUT2D eigenvalue weighted by atomic mass is 19.1. The number of rotatable bonds is 5. The minimum Gasteiger partial charge on any atom is -0.383 e. The topological polar surface area (TPSA) is 49.9 Å². The number of nitrogens with zero attached hydrogens (tertiary/aromatic N) is 2. The summed E-state index contributed by atoms with van der Waals surface area (Å²) in [6, 6.07) is 3.44. The molecule has 0 unspecified atom stereocenters. The van der Waals surface area contributed by atoms with Crippen molar-refractivity contribution in [3.05, 3.63) is 35.4 Å². The molecule has 5 nitrogen and oxygen atoms in total. The first kappa shape index (κ1) is 16.0. The Balaban J connectivity index is 1.66. The van der Waals surface area contributed by atoms with Crippen LogP contribution in [-0.4, -0.2) is 55.0 Å². The van der Waals surface area contributed by atoms with E-state index in [0.29, 0.717) is 25.3 Å². The maximum atomic E-state index is 13.7. The number of fused-ring (bicyclic) bond motifs is 1. The SMILES string of the molecule is COCCN1C(=O)[C@H]2CN(Cc3ccc(F)cc3F)C[C@H]2C1=O. The van der Waals surface area contributed by atoms with Crippen LogP contribution in [0.15, 0.2) is 18.2 Å². The Labute approximate surface area is 132 Å². The van der Waals surface area contributed by atoms with Crippen molar-refractivity contribution in [2.45, 2.75) is 6.54 Å². The summed E-state index contributed by atoms with van der Waals surface area (Å²) in [5, 5.41) is 0. The van der Waals surface area contributed by atoms with E-state index >= 15 is 0 Å². The van der Waals surface area contributed by atoms with Gasteiger partial charge in [-0.2, -0.15) is 0 Å². The summed E-state index contributed by atoms with van der Waals surface area (Å²) in [6.07, 6.45) is 0. The van der Waals surface area contributed by atoms with Crippen LogP contribution in [0.5, 0.6) is 0 Å². The number of halogens is 2. The first-order valence-electron chi connectivity index (χ1n) is 7.51. The number of likely N-dealkylation sites (tertiary alicyclic amines) is 2. The van der Waals surface area contributed by atoms with Gasteiger partial charge in [-0.15, -0.1) is 0 Å². The second-order valence-corrected chi connectivity index (χ2v) is 5.96. The van der Waals surface area contributed by atoms with Crippen LogP contribution in [-0.2, 0) is 20.9 Å². The number of benzene rings is 1. The van der Waals surface area contributed by atoms with Crippen LogP contribution in [0.2, 0.25) is 0 Å². The number of methoxy groups -OCH3 is 1. The molecule has 2 atom stereocenters. The Morgan fingerprint density at radius 1 is 1.17 bits per heavy atom. The first-order valence-corrected chi connectivity index (χ1v) is 7.51. The summed E-state index contributed by atoms with van der Waals surface area (Å²) in [7, 11) is 1.52. The third-order valence-corrected chi connectivity index (χ3v) is 4.49. The Hall–Kier alpha value is -1.86. The highest BCUT2D eigenvalue weighted by molar-refractivity contribution is 6.05. The zero-order valence-corrected chi connectivity index (χ0v) is 12.8. The number of ether oxygens (including phenoxy) is 1. The van der Waals surface area contributed by atoms with Crippen LogP contribution in [0.25, 0.3) is 0 Å². The summed E-state index contributed by atoms with van der Waals surface area (Å²) in [6.45, 7) is 1.68. The van der Waals surface area contributed by atoms with E-state index in [1.807, 2.05) is 4.90 Å². The van der Waals surface area contributed by atoms with Gasteiger partial charge in [0.15, 0.2) is 0 Å². The van der Waals surface area contributed by atoms with Gasteiger partial charge in [-0.05, 0) is 6.07 Å². The van der Waals surface area contributed by atoms with Gasteiger partial charge in [0.05, 0.1) is 25.0 Å². The Morgan fingerprint density at radius 3 is 2.39 bits per heavy atom. The third-order valence-electron chi connectivity index (χ3n) is 4.49. The second-order valence-electron chi connectivity index (χ2n) is 5.96. The zero-order chi connectivity index (χ0) is 16.6. The van der Waals surface area contributed by atoms with Gasteiger partial charge in [0.1, 0.15) is 11.6 Å². The standard InChI is InChI=1S/C16H18F2N2O3/c1-23-5-4-20-15(21)12-8-19(9-13(12)16(20)22)7-10-2-3-11(17)6-14(10)18/h2-3,6,12-13H,4-5,7-9H2,1H3/t12-,13+. The van der Waals surface area contributed by atoms with Crippen LogP contribution in [0.4, 0.5) is 8.78 Å². The Morgan fingerprint density at radius 2 is 1.83 bits per heavy atom. The van der Waals surface area contributed by atoms with Crippen LogP contribution in [0.3, 0.4) is 0 Å². The van der Waals surface area contributed by atoms with Gasteiger partial charge in [0.2, 0.25) is 11.8 Å². The van der Waals surface area contributed by atoms with Gasteiger partial charge < -0.3 is 4.74 Å². The van der Waals surface area contributed by atoms with E-state index < -0.39 is 11.6 Å². The molecule has 124 valence electrons. The molecule has 0 saturated carbocycles. The number of amides is 2. The molecule has 23 heavy (non-hydrogen) atoms. The van der Waals surface area contributed by atoms with Crippen LogP contribution in [0, 0.1) is 23.5 Å². The number of hydrogen-bond acceptors (Lipinski definition) is 4. The molecule has 0 spiro atoms. The highest BCUT2D eigenvalue weighted by Gasteiger charge is 2.51. The molecule has 7 heteroatoms. The normalized spacial score (nSPS) is 24.6. The van der Waals surface area contributed by atoms with E-state index in [1.54, 1.807) is 0 Å². The monoisotopic (exact) mass is 324 g/mol. The molecule has 2 fully saturated rings. The van der Waals surface area contributed by atoms with Crippen molar-refractivity contribution in [2.75, 3.05) is 33.4 Å². The molecule has 0 N–H and O–H groups in total. The lowest BCUT2D eigenvalue weighted by Crippen LogP contribution is -2.37. The number of carbonyl (C=O) groups is 2. The van der Waals surface area contributed by atoms with E-state index in [9.17, 15) is 18.4 Å². The quantitative estimate of drug-likeness (QED) is 0.759. The summed E-state index contributed by atoms with van der Waals surface area (Å²) >= 11 is 0. The van der Waals surface area contributed by atoms with Crippen LogP contribution >= 0.6 is 0 Å². The van der Waals surface area contributed by atoms with Crippen molar-refractivity contribution in [1.82, 2.24) is 9.80 Å². The molecular weight excluding hydrogens is 306 g/mol. The molecule has 0 aliphatic carbocycles. The van der Waals surface area contributed by atoms with E-state index in [0.717, 1.165) is 6.07 Å². The van der Waals surface area contributed by atoms with E-state index in [4.69, 9.17) is 4.74 Å². The molecule has 1 aromatic rings. The van der Waals surface area contributed by atoms with Crippen molar-refractivity contribution in [1.29, 1.82) is 0 Å². The smallest absolute Gasteiger partial charge is 0.234 e. The molecular formula is C16H18F2N2O3. The van der Waals surface area contributed by atoms with Gasteiger partial charge in [-0.25, -0.2) is 8.78 Å². The van der Waals surface area contributed by atoms with Crippen molar-refractivity contribution in [2.24, 2.45) is 11.8 Å². The lowest BCUT2D eigenvalue weighted by atomic mass is 10.00. The molecule has 0 bridgehead atoms. The lowest BCUT2D eigenvalue weighted by molar-refractivity contribution is -0.141. The molecule has 3 rings (SSSR count). The summed E-state index contributed by atoms with van der Waals surface area (Å²) in [5.41, 5.74) is 0.363. The van der Waals surface area contributed by atoms with Crippen LogP contribution in [0.1, 0.15) is 5.56 Å². The highest BCUT2D eigenvalue weighted by Crippen LogP contribution is 2.34. The number of carbonyl (C=O) groups excluding carboxylic acids is 2. The van der Waals surface area contributed by atoms with Gasteiger partial charge in [0.25, 0.3) is 0 Å². The summed E-state index contributed by atoms with van der Waals surface area (Å²) in [4.78, 5) is 27.8. The third kappa shape index (κ3) is 2.98. The zero-order valence-electron chi connectivity index (χ0n) is 12.8. The fraction of sp³-hybridized carbons (Fsp3) is 0.500. The lowest BCUT2D eigenvalue weighted by Gasteiger charge is -2.20. The number of imide groups is 1. The molecule has 0 radical (unpaired) electrons.